The second-order valence-corrected chi connectivity index (χ2v) is 7.13. The second-order valence-electron chi connectivity index (χ2n) is 6.18. The summed E-state index contributed by atoms with van der Waals surface area (Å²) in [5.74, 6) is 7.62. The number of thiophene rings is 1. The fourth-order valence-electron chi connectivity index (χ4n) is 3.48. The molecule has 3 atom stereocenters. The zero-order valence-corrected chi connectivity index (χ0v) is 13.5. The minimum Gasteiger partial charge on any atom is -0.326 e. The molecule has 0 unspecified atom stereocenters. The van der Waals surface area contributed by atoms with Crippen LogP contribution in [0.25, 0.3) is 0 Å². The van der Waals surface area contributed by atoms with Crippen molar-refractivity contribution in [1.29, 1.82) is 0 Å². The van der Waals surface area contributed by atoms with Gasteiger partial charge < -0.3 is 5.32 Å². The van der Waals surface area contributed by atoms with E-state index >= 15 is 0 Å². The Balaban J connectivity index is 1.46. The van der Waals surface area contributed by atoms with Gasteiger partial charge in [0.2, 0.25) is 5.91 Å². The summed E-state index contributed by atoms with van der Waals surface area (Å²) in [6, 6.07) is 11.8. The lowest BCUT2D eigenvalue weighted by atomic mass is 9.93. The number of amides is 1. The molecule has 2 aromatic rings. The highest BCUT2D eigenvalue weighted by Gasteiger charge is 2.39. The van der Waals surface area contributed by atoms with E-state index in [1.54, 1.807) is 11.3 Å². The zero-order chi connectivity index (χ0) is 15.6. The summed E-state index contributed by atoms with van der Waals surface area (Å²) in [6.45, 7) is 0. The van der Waals surface area contributed by atoms with Gasteiger partial charge in [-0.25, -0.2) is 0 Å². The summed E-state index contributed by atoms with van der Waals surface area (Å²) in [6.07, 6.45) is 6.60. The molecule has 0 saturated heterocycles. The highest BCUT2D eigenvalue weighted by Crippen LogP contribution is 2.43. The van der Waals surface area contributed by atoms with Crippen LogP contribution in [0.1, 0.15) is 23.3 Å². The molecule has 1 aromatic heterocycles. The van der Waals surface area contributed by atoms with Crippen LogP contribution in [0.3, 0.4) is 0 Å². The highest BCUT2D eigenvalue weighted by molar-refractivity contribution is 7.10. The zero-order valence-electron chi connectivity index (χ0n) is 12.7. The molecular weight excluding hydrogens is 302 g/mol. The van der Waals surface area contributed by atoms with Gasteiger partial charge in [0, 0.05) is 17.2 Å². The molecule has 2 bridgehead atoms. The quantitative estimate of drug-likeness (QED) is 0.649. The molecule has 3 heteroatoms. The van der Waals surface area contributed by atoms with Gasteiger partial charge in [-0.1, -0.05) is 36.1 Å². The Bertz CT molecular complexity index is 810. The molecule has 2 aliphatic rings. The van der Waals surface area contributed by atoms with Crippen LogP contribution in [0.15, 0.2) is 53.9 Å². The predicted octanol–water partition coefficient (Wildman–Crippen LogP) is 4.30. The first-order valence-corrected chi connectivity index (χ1v) is 8.81. The van der Waals surface area contributed by atoms with Crippen LogP contribution in [0.2, 0.25) is 0 Å². The van der Waals surface area contributed by atoms with Gasteiger partial charge in [-0.2, -0.15) is 0 Å². The van der Waals surface area contributed by atoms with Crippen molar-refractivity contribution in [1.82, 2.24) is 0 Å². The number of hydrogen-bond acceptors (Lipinski definition) is 2. The van der Waals surface area contributed by atoms with Gasteiger partial charge in [0.05, 0.1) is 4.88 Å². The van der Waals surface area contributed by atoms with Crippen molar-refractivity contribution in [2.75, 3.05) is 5.32 Å². The van der Waals surface area contributed by atoms with E-state index in [9.17, 15) is 4.79 Å². The van der Waals surface area contributed by atoms with Gasteiger partial charge >= 0.3 is 0 Å². The number of carbonyl (C=O) groups is 1. The fraction of sp³-hybridized carbons (Fsp3) is 0.250. The molecule has 1 N–H and O–H groups in total. The molecule has 2 aliphatic carbocycles. The molecule has 2 nitrogen and oxygen atoms in total. The van der Waals surface area contributed by atoms with Crippen LogP contribution in [0.4, 0.5) is 5.69 Å². The first-order chi connectivity index (χ1) is 11.3. The monoisotopic (exact) mass is 319 g/mol. The summed E-state index contributed by atoms with van der Waals surface area (Å²) in [4.78, 5) is 13.5. The average molecular weight is 319 g/mol. The number of carbonyl (C=O) groups excluding carboxylic acids is 1. The summed E-state index contributed by atoms with van der Waals surface area (Å²) >= 11 is 1.63. The number of anilines is 1. The van der Waals surface area contributed by atoms with E-state index in [-0.39, 0.29) is 11.8 Å². The number of rotatable bonds is 2. The summed E-state index contributed by atoms with van der Waals surface area (Å²) in [5, 5.41) is 5.08. The lowest BCUT2D eigenvalue weighted by Gasteiger charge is -2.17. The average Bonchev–Trinajstić information content (AvgIpc) is 3.31. The summed E-state index contributed by atoms with van der Waals surface area (Å²) in [7, 11) is 0. The van der Waals surface area contributed by atoms with Crippen molar-refractivity contribution in [2.45, 2.75) is 12.8 Å². The van der Waals surface area contributed by atoms with E-state index in [1.165, 1.54) is 0 Å². The Morgan fingerprint density at radius 3 is 2.83 bits per heavy atom. The predicted molar refractivity (Wildman–Crippen MR) is 94.2 cm³/mol. The second kappa shape index (κ2) is 6.06. The van der Waals surface area contributed by atoms with Gasteiger partial charge in [-0.3, -0.25) is 4.79 Å². The first kappa shape index (κ1) is 14.3. The molecule has 1 saturated carbocycles. The molecular formula is C20H17NOS. The lowest BCUT2D eigenvalue weighted by Crippen LogP contribution is -2.25. The maximum atomic E-state index is 12.5. The van der Waals surface area contributed by atoms with Gasteiger partial charge in [-0.05, 0) is 54.3 Å². The van der Waals surface area contributed by atoms with Crippen LogP contribution in [0, 0.1) is 29.6 Å². The number of benzene rings is 1. The van der Waals surface area contributed by atoms with Gasteiger partial charge in [-0.15, -0.1) is 11.3 Å². The van der Waals surface area contributed by atoms with Crippen LogP contribution >= 0.6 is 11.3 Å². The molecule has 1 heterocycles. The molecule has 4 rings (SSSR count). The lowest BCUT2D eigenvalue weighted by molar-refractivity contribution is -0.120. The normalized spacial score (nSPS) is 24.3. The Kier molecular flexibility index (Phi) is 3.77. The Labute approximate surface area is 140 Å². The summed E-state index contributed by atoms with van der Waals surface area (Å²) < 4.78 is 0. The van der Waals surface area contributed by atoms with Crippen molar-refractivity contribution in [3.05, 3.63) is 64.4 Å². The maximum Gasteiger partial charge on any atom is 0.228 e. The largest absolute Gasteiger partial charge is 0.326 e. The molecule has 0 spiro atoms. The smallest absolute Gasteiger partial charge is 0.228 e. The maximum absolute atomic E-state index is 12.5. The van der Waals surface area contributed by atoms with Crippen LogP contribution in [-0.4, -0.2) is 5.91 Å². The molecule has 114 valence electrons. The van der Waals surface area contributed by atoms with Crippen LogP contribution < -0.4 is 5.32 Å². The fourth-order valence-corrected chi connectivity index (χ4v) is 4.05. The number of hydrogen-bond donors (Lipinski definition) is 1. The Morgan fingerprint density at radius 1 is 1.13 bits per heavy atom. The molecule has 1 aromatic carbocycles. The number of allylic oxidation sites excluding steroid dienone is 2. The van der Waals surface area contributed by atoms with Crippen LogP contribution in [-0.2, 0) is 4.79 Å². The number of fused-ring (bicyclic) bond motifs is 2. The van der Waals surface area contributed by atoms with Crippen molar-refractivity contribution >= 4 is 22.9 Å². The van der Waals surface area contributed by atoms with Crippen molar-refractivity contribution in [3.8, 4) is 11.8 Å². The number of nitrogens with one attached hydrogen (secondary N) is 1. The third-order valence-corrected chi connectivity index (χ3v) is 5.38. The van der Waals surface area contributed by atoms with Gasteiger partial charge in [0.25, 0.3) is 0 Å². The molecule has 23 heavy (non-hydrogen) atoms. The SMILES string of the molecule is O=C(Nc1cccc(C#Cc2cccs2)c1)[C@H]1C[C@H]2C=C[C@H]1C2. The van der Waals surface area contributed by atoms with Crippen molar-refractivity contribution in [2.24, 2.45) is 17.8 Å². The van der Waals surface area contributed by atoms with Gasteiger partial charge in [0.15, 0.2) is 0 Å². The minimum absolute atomic E-state index is 0.130. The van der Waals surface area contributed by atoms with E-state index in [0.717, 1.165) is 29.0 Å². The molecule has 1 fully saturated rings. The molecule has 1 amide bonds. The van der Waals surface area contributed by atoms with Gasteiger partial charge in [0.1, 0.15) is 0 Å². The molecule has 0 aliphatic heterocycles. The van der Waals surface area contributed by atoms with E-state index < -0.39 is 0 Å². The van der Waals surface area contributed by atoms with E-state index in [4.69, 9.17) is 0 Å². The third-order valence-electron chi connectivity index (χ3n) is 4.60. The minimum atomic E-state index is 0.130. The van der Waals surface area contributed by atoms with E-state index in [2.05, 4.69) is 29.3 Å². The summed E-state index contributed by atoms with van der Waals surface area (Å²) in [5.41, 5.74) is 1.75. The van der Waals surface area contributed by atoms with Crippen molar-refractivity contribution < 1.29 is 4.79 Å². The van der Waals surface area contributed by atoms with Crippen LogP contribution in [0.5, 0.6) is 0 Å². The Morgan fingerprint density at radius 2 is 2.09 bits per heavy atom. The Hall–Kier alpha value is -2.31. The third kappa shape index (κ3) is 3.09. The topological polar surface area (TPSA) is 29.1 Å². The molecule has 0 radical (unpaired) electrons. The van der Waals surface area contributed by atoms with Crippen molar-refractivity contribution in [3.63, 3.8) is 0 Å². The van der Waals surface area contributed by atoms with E-state index in [1.807, 2.05) is 41.8 Å². The highest BCUT2D eigenvalue weighted by atomic mass is 32.1. The van der Waals surface area contributed by atoms with E-state index in [0.29, 0.717) is 11.8 Å². The standard InChI is InChI=1S/C20H17NOS/c22-20(19-13-15-6-8-16(19)11-15)21-17-4-1-3-14(12-17)7-9-18-5-2-10-23-18/h1-6,8,10,12,15-16,19H,11,13H2,(H,21,22)/t15-,16-,19-/m0/s1. The first-order valence-electron chi connectivity index (χ1n) is 7.93.